The summed E-state index contributed by atoms with van der Waals surface area (Å²) in [5.74, 6) is -1.67. The summed E-state index contributed by atoms with van der Waals surface area (Å²) in [6, 6.07) is 1.83. The highest BCUT2D eigenvalue weighted by Gasteiger charge is 2.31. The first kappa shape index (κ1) is 17.7. The van der Waals surface area contributed by atoms with Crippen molar-refractivity contribution in [2.24, 2.45) is 0 Å². The molecule has 0 unspecified atom stereocenters. The lowest BCUT2D eigenvalue weighted by Gasteiger charge is -2.17. The van der Waals surface area contributed by atoms with Crippen molar-refractivity contribution in [1.29, 1.82) is 0 Å². The minimum atomic E-state index is -4.62. The van der Waals surface area contributed by atoms with E-state index in [4.69, 9.17) is 9.47 Å². The fourth-order valence-electron chi connectivity index (χ4n) is 2.13. The number of carbonyl (C=O) groups excluding carboxylic acids is 1. The van der Waals surface area contributed by atoms with Gasteiger partial charge in [0.2, 0.25) is 0 Å². The van der Waals surface area contributed by atoms with Crippen molar-refractivity contribution in [3.63, 3.8) is 0 Å². The van der Waals surface area contributed by atoms with Gasteiger partial charge in [0, 0.05) is 6.61 Å². The molecule has 1 N–H and O–H groups in total. The molecule has 2 rings (SSSR count). The molecule has 1 aliphatic heterocycles. The van der Waals surface area contributed by atoms with Crippen molar-refractivity contribution < 1.29 is 31.8 Å². The monoisotopic (exact) mass is 335 g/mol. The van der Waals surface area contributed by atoms with Crippen LogP contribution in [0.1, 0.15) is 25.3 Å². The van der Waals surface area contributed by atoms with E-state index >= 15 is 0 Å². The SMILES string of the molecule is C[C@H](OC[C@H]1CCCO1)C(=O)Nc1cc(C(F)(F)F)ccc1F. The Labute approximate surface area is 130 Å². The van der Waals surface area contributed by atoms with E-state index in [2.05, 4.69) is 5.32 Å². The molecule has 1 aromatic carbocycles. The minimum Gasteiger partial charge on any atom is -0.376 e. The maximum atomic E-state index is 13.6. The molecule has 23 heavy (non-hydrogen) atoms. The summed E-state index contributed by atoms with van der Waals surface area (Å²) in [7, 11) is 0. The molecule has 2 atom stereocenters. The van der Waals surface area contributed by atoms with Crippen LogP contribution in [0.15, 0.2) is 18.2 Å². The third-order valence-corrected chi connectivity index (χ3v) is 3.48. The lowest BCUT2D eigenvalue weighted by molar-refractivity contribution is -0.137. The number of rotatable bonds is 5. The van der Waals surface area contributed by atoms with Crippen molar-refractivity contribution in [3.8, 4) is 0 Å². The lowest BCUT2D eigenvalue weighted by Crippen LogP contribution is -2.31. The zero-order valence-corrected chi connectivity index (χ0v) is 12.5. The number of alkyl halides is 3. The molecular formula is C15H17F4NO3. The third-order valence-electron chi connectivity index (χ3n) is 3.48. The summed E-state index contributed by atoms with van der Waals surface area (Å²) in [5, 5.41) is 2.12. The van der Waals surface area contributed by atoms with Gasteiger partial charge < -0.3 is 14.8 Å². The van der Waals surface area contributed by atoms with Gasteiger partial charge in [-0.1, -0.05) is 0 Å². The molecule has 1 aliphatic rings. The Hall–Kier alpha value is -1.67. The predicted molar refractivity (Wildman–Crippen MR) is 74.4 cm³/mol. The van der Waals surface area contributed by atoms with Gasteiger partial charge in [0.15, 0.2) is 0 Å². The average molecular weight is 335 g/mol. The van der Waals surface area contributed by atoms with Crippen LogP contribution in [0.25, 0.3) is 0 Å². The molecule has 0 saturated carbocycles. The van der Waals surface area contributed by atoms with E-state index in [0.717, 1.165) is 12.8 Å². The normalized spacial score (nSPS) is 19.6. The Balaban J connectivity index is 1.95. The minimum absolute atomic E-state index is 0.0875. The molecule has 4 nitrogen and oxygen atoms in total. The van der Waals surface area contributed by atoms with Gasteiger partial charge in [0.25, 0.3) is 5.91 Å². The number of hydrogen-bond acceptors (Lipinski definition) is 3. The molecule has 0 radical (unpaired) electrons. The summed E-state index contributed by atoms with van der Waals surface area (Å²) >= 11 is 0. The summed E-state index contributed by atoms with van der Waals surface area (Å²) < 4.78 is 62.1. The highest BCUT2D eigenvalue weighted by molar-refractivity contribution is 5.94. The van der Waals surface area contributed by atoms with Crippen LogP contribution in [-0.2, 0) is 20.4 Å². The van der Waals surface area contributed by atoms with Crippen LogP contribution in [0.5, 0.6) is 0 Å². The Morgan fingerprint density at radius 3 is 2.83 bits per heavy atom. The quantitative estimate of drug-likeness (QED) is 0.840. The summed E-state index contributed by atoms with van der Waals surface area (Å²) in [5.41, 5.74) is -1.57. The number of benzene rings is 1. The Kier molecular flexibility index (Phi) is 5.59. The van der Waals surface area contributed by atoms with E-state index in [-0.39, 0.29) is 12.7 Å². The number of ether oxygens (including phenoxy) is 2. The fraction of sp³-hybridized carbons (Fsp3) is 0.533. The lowest BCUT2D eigenvalue weighted by atomic mass is 10.2. The van der Waals surface area contributed by atoms with Crippen LogP contribution in [0.3, 0.4) is 0 Å². The van der Waals surface area contributed by atoms with Gasteiger partial charge in [-0.15, -0.1) is 0 Å². The van der Waals surface area contributed by atoms with E-state index in [1.165, 1.54) is 6.92 Å². The van der Waals surface area contributed by atoms with Gasteiger partial charge in [-0.2, -0.15) is 13.2 Å². The van der Waals surface area contributed by atoms with Gasteiger partial charge in [-0.3, -0.25) is 4.79 Å². The number of amides is 1. The Bertz CT molecular complexity index is 556. The van der Waals surface area contributed by atoms with E-state index in [1.807, 2.05) is 0 Å². The van der Waals surface area contributed by atoms with Crippen LogP contribution >= 0.6 is 0 Å². The number of anilines is 1. The van der Waals surface area contributed by atoms with E-state index < -0.39 is 35.3 Å². The predicted octanol–water partition coefficient (Wildman–Crippen LogP) is 3.37. The van der Waals surface area contributed by atoms with E-state index in [0.29, 0.717) is 24.8 Å². The smallest absolute Gasteiger partial charge is 0.376 e. The first-order valence-electron chi connectivity index (χ1n) is 7.18. The molecule has 0 bridgehead atoms. The first-order valence-corrected chi connectivity index (χ1v) is 7.18. The van der Waals surface area contributed by atoms with Crippen LogP contribution in [0.4, 0.5) is 23.2 Å². The molecule has 1 aromatic rings. The van der Waals surface area contributed by atoms with E-state index in [9.17, 15) is 22.4 Å². The maximum Gasteiger partial charge on any atom is 0.416 e. The number of carbonyl (C=O) groups is 1. The van der Waals surface area contributed by atoms with Gasteiger partial charge in [-0.05, 0) is 38.0 Å². The van der Waals surface area contributed by atoms with Crippen LogP contribution in [0, 0.1) is 5.82 Å². The van der Waals surface area contributed by atoms with Crippen molar-refractivity contribution >= 4 is 11.6 Å². The second-order valence-electron chi connectivity index (χ2n) is 5.29. The van der Waals surface area contributed by atoms with Crippen LogP contribution in [-0.4, -0.2) is 31.3 Å². The second-order valence-corrected chi connectivity index (χ2v) is 5.29. The molecule has 0 aliphatic carbocycles. The molecule has 1 heterocycles. The average Bonchev–Trinajstić information content (AvgIpc) is 2.99. The molecule has 0 aromatic heterocycles. The molecular weight excluding hydrogens is 318 g/mol. The zero-order valence-electron chi connectivity index (χ0n) is 12.5. The second kappa shape index (κ2) is 7.27. The van der Waals surface area contributed by atoms with Gasteiger partial charge in [-0.25, -0.2) is 4.39 Å². The number of halogens is 4. The Morgan fingerprint density at radius 2 is 2.22 bits per heavy atom. The van der Waals surface area contributed by atoms with Crippen molar-refractivity contribution in [2.75, 3.05) is 18.5 Å². The summed E-state index contributed by atoms with van der Waals surface area (Å²) in [6.07, 6.45) is -3.89. The van der Waals surface area contributed by atoms with Crippen molar-refractivity contribution in [3.05, 3.63) is 29.6 Å². The van der Waals surface area contributed by atoms with Gasteiger partial charge in [0.1, 0.15) is 11.9 Å². The zero-order chi connectivity index (χ0) is 17.0. The third kappa shape index (κ3) is 4.90. The van der Waals surface area contributed by atoms with Crippen molar-refractivity contribution in [2.45, 2.75) is 38.1 Å². The summed E-state index contributed by atoms with van der Waals surface area (Å²) in [4.78, 5) is 11.9. The molecule has 1 saturated heterocycles. The number of hydrogen-bond donors (Lipinski definition) is 1. The van der Waals surface area contributed by atoms with E-state index in [1.54, 1.807) is 0 Å². The molecule has 1 amide bonds. The Morgan fingerprint density at radius 1 is 1.48 bits per heavy atom. The van der Waals surface area contributed by atoms with Crippen LogP contribution < -0.4 is 5.32 Å². The highest BCUT2D eigenvalue weighted by Crippen LogP contribution is 2.31. The number of nitrogens with one attached hydrogen (secondary N) is 1. The first-order chi connectivity index (χ1) is 10.8. The molecule has 1 fully saturated rings. The van der Waals surface area contributed by atoms with Crippen LogP contribution in [0.2, 0.25) is 0 Å². The largest absolute Gasteiger partial charge is 0.416 e. The van der Waals surface area contributed by atoms with Gasteiger partial charge in [0.05, 0.1) is 24.0 Å². The summed E-state index contributed by atoms with van der Waals surface area (Å²) in [6.45, 7) is 2.29. The van der Waals surface area contributed by atoms with Gasteiger partial charge >= 0.3 is 6.18 Å². The molecule has 0 spiro atoms. The highest BCUT2D eigenvalue weighted by atomic mass is 19.4. The maximum absolute atomic E-state index is 13.6. The standard InChI is InChI=1S/C15H17F4NO3/c1-9(23-8-11-3-2-6-22-11)14(21)20-13-7-10(15(17,18)19)4-5-12(13)16/h4-5,7,9,11H,2-3,6,8H2,1H3,(H,20,21)/t9-,11+/m0/s1. The fourth-order valence-corrected chi connectivity index (χ4v) is 2.13. The van der Waals surface area contributed by atoms with Crippen molar-refractivity contribution in [1.82, 2.24) is 0 Å². The molecule has 8 heteroatoms. The molecule has 128 valence electrons. The topological polar surface area (TPSA) is 47.6 Å².